The topological polar surface area (TPSA) is 87.4 Å². The molecule has 0 atom stereocenters. The molecule has 8 heteroatoms. The predicted octanol–water partition coefficient (Wildman–Crippen LogP) is 0.266. The van der Waals surface area contributed by atoms with Gasteiger partial charge in [0, 0.05) is 33.1 Å². The first-order valence-corrected chi connectivity index (χ1v) is 7.87. The molecule has 0 spiro atoms. The predicted molar refractivity (Wildman–Crippen MR) is 86.1 cm³/mol. The van der Waals surface area contributed by atoms with Crippen molar-refractivity contribution in [1.82, 2.24) is 24.6 Å². The van der Waals surface area contributed by atoms with Gasteiger partial charge in [0.2, 0.25) is 5.91 Å². The first-order valence-electron chi connectivity index (χ1n) is 7.87. The molecule has 1 fully saturated rings. The van der Waals surface area contributed by atoms with Crippen molar-refractivity contribution in [2.45, 2.75) is 32.4 Å². The molecular formula is C15H22N6O2. The number of carbonyl (C=O) groups is 1. The molecule has 1 saturated heterocycles. The number of aromatic nitrogens is 4. The second kappa shape index (κ2) is 6.49. The van der Waals surface area contributed by atoms with Crippen LogP contribution in [0.15, 0.2) is 12.5 Å². The standard InChI is InChI=1S/C15H22N6O2/c1-11(23)19(2)12-3-5-20(6-4-12)14-13-9-18-21(7-8-22)15(13)17-10-16-14/h9-10,12,22H,3-8H2,1-2H3. The summed E-state index contributed by atoms with van der Waals surface area (Å²) in [6, 6.07) is 0.290. The van der Waals surface area contributed by atoms with E-state index in [1.807, 2.05) is 11.9 Å². The second-order valence-corrected chi connectivity index (χ2v) is 5.87. The summed E-state index contributed by atoms with van der Waals surface area (Å²) in [5.41, 5.74) is 0.743. The van der Waals surface area contributed by atoms with Crippen molar-refractivity contribution in [3.8, 4) is 0 Å². The molecule has 3 heterocycles. The van der Waals surface area contributed by atoms with Gasteiger partial charge in [-0.25, -0.2) is 14.6 Å². The molecule has 1 aliphatic heterocycles. The first-order chi connectivity index (χ1) is 11.1. The quantitative estimate of drug-likeness (QED) is 0.870. The lowest BCUT2D eigenvalue weighted by atomic mass is 10.0. The molecule has 23 heavy (non-hydrogen) atoms. The van der Waals surface area contributed by atoms with Gasteiger partial charge in [0.25, 0.3) is 0 Å². The van der Waals surface area contributed by atoms with Crippen LogP contribution in [0.5, 0.6) is 0 Å². The Morgan fingerprint density at radius 2 is 2.13 bits per heavy atom. The fraction of sp³-hybridized carbons (Fsp3) is 0.600. The third-order valence-electron chi connectivity index (χ3n) is 4.53. The number of carbonyl (C=O) groups excluding carboxylic acids is 1. The summed E-state index contributed by atoms with van der Waals surface area (Å²) < 4.78 is 1.69. The Hall–Kier alpha value is -2.22. The molecule has 0 radical (unpaired) electrons. The average molecular weight is 318 g/mol. The van der Waals surface area contributed by atoms with Crippen molar-refractivity contribution >= 4 is 22.8 Å². The van der Waals surface area contributed by atoms with Crippen LogP contribution in [0.1, 0.15) is 19.8 Å². The molecule has 1 N–H and O–H groups in total. The fourth-order valence-electron chi connectivity index (χ4n) is 3.11. The van der Waals surface area contributed by atoms with Crippen molar-refractivity contribution < 1.29 is 9.90 Å². The molecule has 8 nitrogen and oxygen atoms in total. The van der Waals surface area contributed by atoms with Gasteiger partial charge >= 0.3 is 0 Å². The molecular weight excluding hydrogens is 296 g/mol. The zero-order valence-electron chi connectivity index (χ0n) is 13.5. The number of rotatable bonds is 4. The molecule has 1 amide bonds. The van der Waals surface area contributed by atoms with Gasteiger partial charge in [-0.05, 0) is 12.8 Å². The number of aliphatic hydroxyl groups is 1. The number of hydrogen-bond acceptors (Lipinski definition) is 6. The molecule has 0 saturated carbocycles. The van der Waals surface area contributed by atoms with Gasteiger partial charge in [0.1, 0.15) is 12.1 Å². The van der Waals surface area contributed by atoms with Crippen molar-refractivity contribution in [2.75, 3.05) is 31.6 Å². The Labute approximate surface area is 134 Å². The number of aliphatic hydroxyl groups excluding tert-OH is 1. The van der Waals surface area contributed by atoms with Gasteiger partial charge < -0.3 is 14.9 Å². The number of piperidine rings is 1. The van der Waals surface area contributed by atoms with Crippen LogP contribution in [-0.2, 0) is 11.3 Å². The fourth-order valence-corrected chi connectivity index (χ4v) is 3.11. The van der Waals surface area contributed by atoms with Crippen LogP contribution in [0, 0.1) is 0 Å². The van der Waals surface area contributed by atoms with Gasteiger partial charge in [-0.1, -0.05) is 0 Å². The van der Waals surface area contributed by atoms with E-state index in [2.05, 4.69) is 20.0 Å². The summed E-state index contributed by atoms with van der Waals surface area (Å²) >= 11 is 0. The zero-order chi connectivity index (χ0) is 16.4. The van der Waals surface area contributed by atoms with E-state index in [1.54, 1.807) is 24.1 Å². The minimum absolute atomic E-state index is 0.0267. The van der Waals surface area contributed by atoms with E-state index in [-0.39, 0.29) is 18.6 Å². The maximum absolute atomic E-state index is 11.5. The maximum Gasteiger partial charge on any atom is 0.219 e. The van der Waals surface area contributed by atoms with E-state index in [1.165, 1.54) is 0 Å². The average Bonchev–Trinajstić information content (AvgIpc) is 2.98. The van der Waals surface area contributed by atoms with Gasteiger partial charge in [-0.15, -0.1) is 0 Å². The molecule has 0 aliphatic carbocycles. The summed E-state index contributed by atoms with van der Waals surface area (Å²) in [7, 11) is 1.87. The van der Waals surface area contributed by atoms with Gasteiger partial charge in [-0.2, -0.15) is 5.10 Å². The molecule has 0 unspecified atom stereocenters. The first kappa shape index (κ1) is 15.7. The Balaban J connectivity index is 1.78. The summed E-state index contributed by atoms with van der Waals surface area (Å²) in [4.78, 5) is 24.2. The van der Waals surface area contributed by atoms with Crippen LogP contribution in [0.25, 0.3) is 11.0 Å². The monoisotopic (exact) mass is 318 g/mol. The zero-order valence-corrected chi connectivity index (χ0v) is 13.5. The van der Waals surface area contributed by atoms with Crippen LogP contribution in [-0.4, -0.2) is 68.4 Å². The Morgan fingerprint density at radius 1 is 1.39 bits per heavy atom. The van der Waals surface area contributed by atoms with Gasteiger partial charge in [-0.3, -0.25) is 4.79 Å². The molecule has 3 rings (SSSR count). The molecule has 0 aromatic carbocycles. The van der Waals surface area contributed by atoms with Crippen molar-refractivity contribution in [3.63, 3.8) is 0 Å². The van der Waals surface area contributed by atoms with Crippen molar-refractivity contribution in [3.05, 3.63) is 12.5 Å². The number of hydrogen-bond donors (Lipinski definition) is 1. The molecule has 2 aromatic rings. The lowest BCUT2D eigenvalue weighted by Crippen LogP contribution is -2.45. The number of nitrogens with zero attached hydrogens (tertiary/aromatic N) is 6. The third-order valence-corrected chi connectivity index (χ3v) is 4.53. The van der Waals surface area contributed by atoms with Crippen LogP contribution in [0.3, 0.4) is 0 Å². The summed E-state index contributed by atoms with van der Waals surface area (Å²) in [5.74, 6) is 0.987. The van der Waals surface area contributed by atoms with E-state index < -0.39 is 0 Å². The highest BCUT2D eigenvalue weighted by molar-refractivity contribution is 5.86. The maximum atomic E-state index is 11.5. The summed E-state index contributed by atoms with van der Waals surface area (Å²) in [6.07, 6.45) is 5.15. The largest absolute Gasteiger partial charge is 0.394 e. The summed E-state index contributed by atoms with van der Waals surface area (Å²) in [6.45, 7) is 3.75. The minimum atomic E-state index is 0.0267. The van der Waals surface area contributed by atoms with E-state index in [0.717, 1.165) is 42.8 Å². The highest BCUT2D eigenvalue weighted by Gasteiger charge is 2.25. The van der Waals surface area contributed by atoms with Gasteiger partial charge in [0.05, 0.1) is 24.7 Å². The molecule has 1 aliphatic rings. The third kappa shape index (κ3) is 2.98. The second-order valence-electron chi connectivity index (χ2n) is 5.87. The van der Waals surface area contributed by atoms with Crippen LogP contribution < -0.4 is 4.90 Å². The van der Waals surface area contributed by atoms with Crippen molar-refractivity contribution in [1.29, 1.82) is 0 Å². The SMILES string of the molecule is CC(=O)N(C)C1CCN(c2ncnc3c2cnn3CCO)CC1. The van der Waals surface area contributed by atoms with Crippen LogP contribution in [0.2, 0.25) is 0 Å². The minimum Gasteiger partial charge on any atom is -0.394 e. The molecule has 2 aromatic heterocycles. The van der Waals surface area contributed by atoms with E-state index in [9.17, 15) is 4.79 Å². The summed E-state index contributed by atoms with van der Waals surface area (Å²) in [5, 5.41) is 14.3. The van der Waals surface area contributed by atoms with Crippen LogP contribution in [0.4, 0.5) is 5.82 Å². The van der Waals surface area contributed by atoms with E-state index in [0.29, 0.717) is 6.54 Å². The Bertz CT molecular complexity index is 692. The highest BCUT2D eigenvalue weighted by Crippen LogP contribution is 2.26. The van der Waals surface area contributed by atoms with Gasteiger partial charge in [0.15, 0.2) is 5.65 Å². The normalized spacial score (nSPS) is 16.0. The van der Waals surface area contributed by atoms with E-state index in [4.69, 9.17) is 5.11 Å². The smallest absolute Gasteiger partial charge is 0.219 e. The highest BCUT2D eigenvalue weighted by atomic mass is 16.3. The van der Waals surface area contributed by atoms with Crippen LogP contribution >= 0.6 is 0 Å². The Morgan fingerprint density at radius 3 is 2.78 bits per heavy atom. The Kier molecular flexibility index (Phi) is 4.42. The lowest BCUT2D eigenvalue weighted by molar-refractivity contribution is -0.129. The van der Waals surface area contributed by atoms with E-state index >= 15 is 0 Å². The number of amides is 1. The number of fused-ring (bicyclic) bond motifs is 1. The van der Waals surface area contributed by atoms with Crippen molar-refractivity contribution in [2.24, 2.45) is 0 Å². The number of anilines is 1. The molecule has 124 valence electrons. The molecule has 0 bridgehead atoms. The lowest BCUT2D eigenvalue weighted by Gasteiger charge is -2.37.